The molecule has 7 rings (SSSR count). The molecule has 0 aromatic heterocycles. The number of nitrogens with zero attached hydrogens (tertiary/aromatic N) is 2. The molecule has 4 fully saturated rings. The summed E-state index contributed by atoms with van der Waals surface area (Å²) in [6.07, 6.45) is 7.21. The van der Waals surface area contributed by atoms with Crippen LogP contribution in [0.4, 0.5) is 9.59 Å². The Bertz CT molecular complexity index is 1730. The standard InChI is InChI=1S/C37H49N5O10S/c43-32-31-20-28(52-36(47)41-17-14-24-8-6-7-9-25(24)22-41)23-42(31)33(44)30(38-35(46)51-27-15-18-50-19-16-27)11-5-3-1-2-4-10-26-21-37(26,39-32)34(45)40-53(48,49)29-12-13-29/h4,6-10,26-31H,1-3,5,11-23H2,(H,38,46)(H,39,43)(H,40,45)/b10-4-/t26-,28-,30+,31+,37-/m1/s1. The molecule has 15 nitrogen and oxygen atoms in total. The van der Waals surface area contributed by atoms with Crippen LogP contribution in [0.2, 0.25) is 0 Å². The molecule has 2 saturated heterocycles. The Morgan fingerprint density at radius 2 is 1.72 bits per heavy atom. The van der Waals surface area contributed by atoms with Crippen LogP contribution >= 0.6 is 0 Å². The lowest BCUT2D eigenvalue weighted by atomic mass is 10.0. The van der Waals surface area contributed by atoms with Crippen LogP contribution in [0.3, 0.4) is 0 Å². The maximum absolute atomic E-state index is 14.4. The van der Waals surface area contributed by atoms with Crippen molar-refractivity contribution in [2.24, 2.45) is 5.92 Å². The molecule has 5 atom stereocenters. The highest BCUT2D eigenvalue weighted by Crippen LogP contribution is 2.46. The van der Waals surface area contributed by atoms with Gasteiger partial charge in [-0.05, 0) is 56.1 Å². The van der Waals surface area contributed by atoms with Crippen LogP contribution in [0.5, 0.6) is 0 Å². The van der Waals surface area contributed by atoms with Gasteiger partial charge in [0.05, 0.1) is 25.0 Å². The van der Waals surface area contributed by atoms with Crippen LogP contribution in [0.1, 0.15) is 81.8 Å². The van der Waals surface area contributed by atoms with Gasteiger partial charge in [0.25, 0.3) is 5.91 Å². The summed E-state index contributed by atoms with van der Waals surface area (Å²) >= 11 is 0. The van der Waals surface area contributed by atoms with Crippen LogP contribution in [0, 0.1) is 5.92 Å². The van der Waals surface area contributed by atoms with E-state index in [0.717, 1.165) is 24.0 Å². The minimum atomic E-state index is -3.90. The van der Waals surface area contributed by atoms with Gasteiger partial charge in [-0.3, -0.25) is 19.1 Å². The highest BCUT2D eigenvalue weighted by atomic mass is 32.2. The fourth-order valence-corrected chi connectivity index (χ4v) is 9.20. The molecule has 288 valence electrons. The largest absolute Gasteiger partial charge is 0.446 e. The van der Waals surface area contributed by atoms with Gasteiger partial charge in [0.15, 0.2) is 0 Å². The molecule has 2 saturated carbocycles. The number of sulfonamides is 1. The van der Waals surface area contributed by atoms with E-state index in [9.17, 15) is 32.4 Å². The van der Waals surface area contributed by atoms with Gasteiger partial charge in [-0.1, -0.05) is 49.3 Å². The van der Waals surface area contributed by atoms with Crippen molar-refractivity contribution in [1.29, 1.82) is 0 Å². The van der Waals surface area contributed by atoms with Gasteiger partial charge in [0, 0.05) is 38.3 Å². The summed E-state index contributed by atoms with van der Waals surface area (Å²) in [4.78, 5) is 71.8. The summed E-state index contributed by atoms with van der Waals surface area (Å²) < 4.78 is 44.7. The normalized spacial score (nSPS) is 30.3. The van der Waals surface area contributed by atoms with Gasteiger partial charge >= 0.3 is 12.2 Å². The molecule has 5 amide bonds. The molecular weight excluding hydrogens is 706 g/mol. The second kappa shape index (κ2) is 15.7. The third kappa shape index (κ3) is 8.64. The zero-order valence-electron chi connectivity index (χ0n) is 29.8. The van der Waals surface area contributed by atoms with Crippen molar-refractivity contribution in [1.82, 2.24) is 25.2 Å². The summed E-state index contributed by atoms with van der Waals surface area (Å²) in [6.45, 7) is 1.64. The van der Waals surface area contributed by atoms with Crippen LogP contribution in [-0.2, 0) is 51.6 Å². The smallest absolute Gasteiger partial charge is 0.410 e. The molecule has 53 heavy (non-hydrogen) atoms. The van der Waals surface area contributed by atoms with Crippen LogP contribution < -0.4 is 15.4 Å². The number of allylic oxidation sites excluding steroid dienone is 1. The number of hydrogen-bond acceptors (Lipinski definition) is 10. The van der Waals surface area contributed by atoms with E-state index >= 15 is 0 Å². The molecule has 4 heterocycles. The van der Waals surface area contributed by atoms with Crippen molar-refractivity contribution < 1.29 is 46.6 Å². The average molecular weight is 756 g/mol. The zero-order valence-corrected chi connectivity index (χ0v) is 30.7. The predicted molar refractivity (Wildman–Crippen MR) is 189 cm³/mol. The molecule has 0 unspecified atom stereocenters. The fourth-order valence-electron chi connectivity index (χ4n) is 7.84. The number of carbonyl (C=O) groups excluding carboxylic acids is 5. The van der Waals surface area contributed by atoms with E-state index in [4.69, 9.17) is 14.2 Å². The van der Waals surface area contributed by atoms with Crippen molar-refractivity contribution in [2.45, 2.75) is 119 Å². The Morgan fingerprint density at radius 3 is 2.49 bits per heavy atom. The van der Waals surface area contributed by atoms with Gasteiger partial charge in [0.2, 0.25) is 21.8 Å². The van der Waals surface area contributed by atoms with E-state index in [2.05, 4.69) is 15.4 Å². The Morgan fingerprint density at radius 1 is 0.943 bits per heavy atom. The molecule has 0 radical (unpaired) electrons. The van der Waals surface area contributed by atoms with E-state index in [0.29, 0.717) is 77.7 Å². The maximum Gasteiger partial charge on any atom is 0.410 e. The highest BCUT2D eigenvalue weighted by Gasteiger charge is 2.62. The zero-order chi connectivity index (χ0) is 37.2. The first-order chi connectivity index (χ1) is 25.5. The number of rotatable bonds is 6. The van der Waals surface area contributed by atoms with E-state index in [1.165, 1.54) is 4.90 Å². The SMILES string of the molecule is O=C(N[C@H]1CCCCC/C=C\[C@@H]2C[C@@]2(C(=O)NS(=O)(=O)C2CC2)NC(=O)[C@@H]2C[C@@H](OC(=O)N3CCc4ccccc4C3)CN2C1=O)OC1CCOCC1. The summed E-state index contributed by atoms with van der Waals surface area (Å²) in [7, 11) is -3.90. The molecule has 0 bridgehead atoms. The number of benzene rings is 1. The number of alkyl carbamates (subject to hydrolysis) is 1. The summed E-state index contributed by atoms with van der Waals surface area (Å²) in [5.74, 6) is -2.45. The summed E-state index contributed by atoms with van der Waals surface area (Å²) in [5, 5.41) is 4.95. The van der Waals surface area contributed by atoms with Crippen molar-refractivity contribution in [2.75, 3.05) is 26.3 Å². The average Bonchev–Trinajstić information content (AvgIpc) is 4.07. The number of fused-ring (bicyclic) bond motifs is 3. The van der Waals surface area contributed by atoms with Gasteiger partial charge in [-0.2, -0.15) is 0 Å². The molecule has 1 aromatic carbocycles. The third-order valence-electron chi connectivity index (χ3n) is 11.2. The van der Waals surface area contributed by atoms with Crippen molar-refractivity contribution in [3.8, 4) is 0 Å². The Kier molecular flexibility index (Phi) is 11.0. The van der Waals surface area contributed by atoms with E-state index in [-0.39, 0.29) is 25.5 Å². The van der Waals surface area contributed by atoms with Crippen molar-refractivity contribution in [3.63, 3.8) is 0 Å². The van der Waals surface area contributed by atoms with Gasteiger partial charge in [-0.15, -0.1) is 0 Å². The minimum Gasteiger partial charge on any atom is -0.446 e. The van der Waals surface area contributed by atoms with E-state index in [1.807, 2.05) is 36.4 Å². The number of amides is 5. The Hall–Kier alpha value is -4.18. The van der Waals surface area contributed by atoms with Gasteiger partial charge in [-0.25, -0.2) is 18.0 Å². The monoisotopic (exact) mass is 755 g/mol. The number of carbonyl (C=O) groups is 5. The quantitative estimate of drug-likeness (QED) is 0.364. The molecule has 6 aliphatic rings. The number of ether oxygens (including phenoxy) is 3. The molecule has 4 aliphatic heterocycles. The highest BCUT2D eigenvalue weighted by molar-refractivity contribution is 7.91. The second-order valence-corrected chi connectivity index (χ2v) is 17.1. The number of nitrogens with one attached hydrogen (secondary N) is 3. The first-order valence-electron chi connectivity index (χ1n) is 18.9. The lowest BCUT2D eigenvalue weighted by molar-refractivity contribution is -0.141. The van der Waals surface area contributed by atoms with Crippen molar-refractivity contribution in [3.05, 3.63) is 47.5 Å². The predicted octanol–water partition coefficient (Wildman–Crippen LogP) is 2.43. The molecular formula is C37H49N5O10S. The maximum atomic E-state index is 14.4. The Labute approximate surface area is 309 Å². The van der Waals surface area contributed by atoms with E-state index < -0.39 is 74.8 Å². The van der Waals surface area contributed by atoms with E-state index in [1.54, 1.807) is 4.90 Å². The van der Waals surface area contributed by atoms with Crippen LogP contribution in [0.25, 0.3) is 0 Å². The van der Waals surface area contributed by atoms with Crippen LogP contribution in [0.15, 0.2) is 36.4 Å². The lowest BCUT2D eigenvalue weighted by Gasteiger charge is -2.30. The third-order valence-corrected chi connectivity index (χ3v) is 13.1. The summed E-state index contributed by atoms with van der Waals surface area (Å²) in [5.41, 5.74) is 0.660. The molecule has 3 N–H and O–H groups in total. The van der Waals surface area contributed by atoms with Gasteiger partial charge in [0.1, 0.15) is 29.8 Å². The molecule has 2 aliphatic carbocycles. The minimum absolute atomic E-state index is 0.0500. The second-order valence-electron chi connectivity index (χ2n) is 15.1. The molecule has 16 heteroatoms. The Balaban J connectivity index is 1.12. The molecule has 1 aromatic rings. The first-order valence-corrected chi connectivity index (χ1v) is 20.5. The van der Waals surface area contributed by atoms with Crippen LogP contribution in [-0.4, -0.2) is 110 Å². The van der Waals surface area contributed by atoms with Gasteiger partial charge < -0.3 is 34.6 Å². The first kappa shape index (κ1) is 37.1. The summed E-state index contributed by atoms with van der Waals surface area (Å²) in [6, 6.07) is 5.67. The number of hydrogen-bond donors (Lipinski definition) is 3. The van der Waals surface area contributed by atoms with Crippen molar-refractivity contribution >= 4 is 39.9 Å². The topological polar surface area (TPSA) is 190 Å². The fraction of sp³-hybridized carbons (Fsp3) is 0.649. The lowest BCUT2D eigenvalue weighted by Crippen LogP contribution is -2.58. The molecule has 0 spiro atoms.